The van der Waals surface area contributed by atoms with Crippen molar-refractivity contribution in [1.82, 2.24) is 0 Å². The van der Waals surface area contributed by atoms with Crippen molar-refractivity contribution >= 4 is 35.3 Å². The molecule has 7 aliphatic rings. The van der Waals surface area contributed by atoms with Crippen LogP contribution in [0.25, 0.3) is 0 Å². The summed E-state index contributed by atoms with van der Waals surface area (Å²) in [4.78, 5) is 99.0. The van der Waals surface area contributed by atoms with E-state index in [1.165, 1.54) is 0 Å². The lowest BCUT2D eigenvalue weighted by Crippen LogP contribution is -2.92. The van der Waals surface area contributed by atoms with Crippen LogP contribution in [0.3, 0.4) is 0 Å². The minimum atomic E-state index is -3.42. The normalized spacial score (nSPS) is 39.6. The van der Waals surface area contributed by atoms with E-state index in [4.69, 9.17) is 14.2 Å². The molecule has 0 saturated heterocycles. The van der Waals surface area contributed by atoms with E-state index in [-0.39, 0.29) is 18.8 Å². The van der Waals surface area contributed by atoms with E-state index in [0.717, 1.165) is 77.0 Å². The van der Waals surface area contributed by atoms with E-state index in [1.54, 1.807) is 0 Å². The number of ether oxygens (including phenoxy) is 3. The van der Waals surface area contributed by atoms with Crippen LogP contribution in [0.1, 0.15) is 273 Å². The predicted octanol–water partition coefficient (Wildman–Crippen LogP) is 13.3. The predicted molar refractivity (Wildman–Crippen MR) is 302 cm³/mol. The van der Waals surface area contributed by atoms with Gasteiger partial charge >= 0.3 is 17.9 Å². The minimum Gasteiger partial charge on any atom is -0.443 e. The maximum atomic E-state index is 17.5. The Balaban J connectivity index is 1.53. The van der Waals surface area contributed by atoms with Crippen LogP contribution in [-0.2, 0) is 43.0 Å². The van der Waals surface area contributed by atoms with Crippen molar-refractivity contribution in [2.45, 2.75) is 308 Å². The standard InChI is InChI=1S/C66H108O12/c1-7-13-43-19-31-49(32-20-43)56(68)64(76-61(73)52-37-25-46(16-10-4)26-38-52)59(71)55(67)60(72)65(57(69)50-33-21-44(14-8-2)22-34-50,77-62(74)53-39-27-47(17-11-5)28-40-53)66(64,58(70)51-35-23-45(15-9-3)24-36-51)78-63(75)54-41-29-48(18-12-6)30-42-54/h43-55,59-60,67,71-72H,7-42H2,1-6H3/t43?,44?,45?,46?,47?,48?,49?,50?,51?,52?,53?,54?,55?,59-,60+,64+,65-,66?. The van der Waals surface area contributed by atoms with Crippen LogP contribution in [0.5, 0.6) is 0 Å². The molecule has 0 aromatic carbocycles. The fraction of sp³-hybridized carbons (Fsp3) is 0.909. The summed E-state index contributed by atoms with van der Waals surface area (Å²) in [5, 5.41) is 40.1. The van der Waals surface area contributed by atoms with Gasteiger partial charge in [0.05, 0.1) is 17.8 Å². The molecule has 2 unspecified atom stereocenters. The minimum absolute atomic E-state index is 0.267. The molecule has 0 aliphatic heterocycles. The first kappa shape index (κ1) is 62.9. The Hall–Kier alpha value is -2.70. The number of esters is 3. The van der Waals surface area contributed by atoms with Crippen molar-refractivity contribution < 1.29 is 58.3 Å². The second-order valence-electron chi connectivity index (χ2n) is 26.9. The first-order valence-electron chi connectivity index (χ1n) is 32.9. The zero-order valence-corrected chi connectivity index (χ0v) is 49.6. The van der Waals surface area contributed by atoms with E-state index >= 15 is 28.8 Å². The molecule has 12 heteroatoms. The largest absolute Gasteiger partial charge is 0.443 e. The monoisotopic (exact) mass is 1090 g/mol. The summed E-state index contributed by atoms with van der Waals surface area (Å²) in [6, 6.07) is 0. The summed E-state index contributed by atoms with van der Waals surface area (Å²) in [5.41, 5.74) is -10.0. The average molecular weight is 1090 g/mol. The first-order chi connectivity index (χ1) is 37.6. The molecule has 78 heavy (non-hydrogen) atoms. The molecule has 0 amide bonds. The molecule has 3 N–H and O–H groups in total. The van der Waals surface area contributed by atoms with Gasteiger partial charge in [-0.15, -0.1) is 0 Å². The summed E-state index contributed by atoms with van der Waals surface area (Å²) in [7, 11) is 0. The number of hydrogen-bond donors (Lipinski definition) is 3. The molecule has 0 spiro atoms. The van der Waals surface area contributed by atoms with Crippen molar-refractivity contribution in [3.05, 3.63) is 0 Å². The Morgan fingerprint density at radius 2 is 0.513 bits per heavy atom. The summed E-state index contributed by atoms with van der Waals surface area (Å²) < 4.78 is 21.3. The van der Waals surface area contributed by atoms with E-state index in [9.17, 15) is 15.3 Å². The maximum Gasteiger partial charge on any atom is 0.310 e. The van der Waals surface area contributed by atoms with Gasteiger partial charge in [0.1, 0.15) is 18.3 Å². The fourth-order valence-electron chi connectivity index (χ4n) is 17.2. The quantitative estimate of drug-likeness (QED) is 0.0613. The van der Waals surface area contributed by atoms with Crippen LogP contribution in [0.15, 0.2) is 0 Å². The highest BCUT2D eigenvalue weighted by Crippen LogP contribution is 2.59. The highest BCUT2D eigenvalue weighted by atomic mass is 16.7. The molecule has 7 fully saturated rings. The molecule has 12 nitrogen and oxygen atoms in total. The van der Waals surface area contributed by atoms with E-state index < -0.39 is 106 Å². The second kappa shape index (κ2) is 29.0. The highest BCUT2D eigenvalue weighted by molar-refractivity contribution is 6.12. The number of carbonyl (C=O) groups is 6. The molecule has 0 radical (unpaired) electrons. The summed E-state index contributed by atoms with van der Waals surface area (Å²) in [5.74, 6) is -8.84. The topological polar surface area (TPSA) is 191 Å². The van der Waals surface area contributed by atoms with E-state index in [0.29, 0.717) is 171 Å². The molecule has 7 aliphatic carbocycles. The summed E-state index contributed by atoms with van der Waals surface area (Å²) in [6.07, 6.45) is 16.0. The van der Waals surface area contributed by atoms with Crippen molar-refractivity contribution in [3.63, 3.8) is 0 Å². The van der Waals surface area contributed by atoms with Crippen molar-refractivity contribution in [2.24, 2.45) is 71.0 Å². The van der Waals surface area contributed by atoms with Gasteiger partial charge in [-0.1, -0.05) is 119 Å². The smallest absolute Gasteiger partial charge is 0.310 e. The molecule has 7 saturated carbocycles. The van der Waals surface area contributed by atoms with Crippen molar-refractivity contribution in [2.75, 3.05) is 0 Å². The molecule has 6 atom stereocenters. The number of aliphatic hydroxyl groups excluding tert-OH is 3. The lowest BCUT2D eigenvalue weighted by atomic mass is 9.49. The van der Waals surface area contributed by atoms with Crippen LogP contribution in [-0.4, -0.2) is 85.7 Å². The Bertz CT molecular complexity index is 1840. The van der Waals surface area contributed by atoms with Gasteiger partial charge in [-0.25, -0.2) is 0 Å². The average Bonchev–Trinajstić information content (AvgIpc) is 2.07. The van der Waals surface area contributed by atoms with Gasteiger partial charge in [0, 0.05) is 17.8 Å². The number of hydrogen-bond acceptors (Lipinski definition) is 12. The highest BCUT2D eigenvalue weighted by Gasteiger charge is 2.89. The van der Waals surface area contributed by atoms with Crippen LogP contribution in [0.4, 0.5) is 0 Å². The SMILES string of the molecule is CCCC1CCC(C(=O)OC2(C(=O)C3CCC(CCC)CC3)[C@@](OC(=O)C3CCC(CCC)CC3)(C(=O)C3CCC(CCC)CC3)[C@@H](O)C(O)[C@@H](O)[C@@]2(OC(=O)C2CCC(CCC)CC2)C(=O)C2CCC(CCC)CC2)CC1. The van der Waals surface area contributed by atoms with Crippen LogP contribution in [0, 0.1) is 71.0 Å². The number of rotatable bonds is 24. The molecule has 0 heterocycles. The van der Waals surface area contributed by atoms with Gasteiger partial charge in [-0.05, 0) is 190 Å². The molecular formula is C66H108O12. The number of ketones is 3. The maximum absolute atomic E-state index is 17.5. The Labute approximate surface area is 470 Å². The van der Waals surface area contributed by atoms with Gasteiger partial charge < -0.3 is 29.5 Å². The fourth-order valence-corrected chi connectivity index (χ4v) is 17.2. The van der Waals surface area contributed by atoms with Crippen LogP contribution in [0.2, 0.25) is 0 Å². The molecule has 0 aromatic rings. The Morgan fingerprint density at radius 3 is 0.744 bits per heavy atom. The molecule has 0 aromatic heterocycles. The summed E-state index contributed by atoms with van der Waals surface area (Å²) >= 11 is 0. The lowest BCUT2D eigenvalue weighted by molar-refractivity contribution is -0.329. The number of carbonyl (C=O) groups excluding carboxylic acids is 6. The summed E-state index contributed by atoms with van der Waals surface area (Å²) in [6.45, 7) is 12.8. The third-order valence-corrected chi connectivity index (χ3v) is 21.8. The van der Waals surface area contributed by atoms with Crippen molar-refractivity contribution in [3.8, 4) is 0 Å². The van der Waals surface area contributed by atoms with E-state index in [1.807, 2.05) is 0 Å². The van der Waals surface area contributed by atoms with Crippen LogP contribution < -0.4 is 0 Å². The van der Waals surface area contributed by atoms with Gasteiger partial charge in [-0.2, -0.15) is 0 Å². The second-order valence-corrected chi connectivity index (χ2v) is 26.9. The Morgan fingerprint density at radius 1 is 0.308 bits per heavy atom. The zero-order chi connectivity index (χ0) is 56.2. The Kier molecular flexibility index (Phi) is 23.4. The third-order valence-electron chi connectivity index (χ3n) is 21.8. The molecule has 0 bridgehead atoms. The lowest BCUT2D eigenvalue weighted by Gasteiger charge is -2.63. The third kappa shape index (κ3) is 13.2. The van der Waals surface area contributed by atoms with Crippen molar-refractivity contribution in [1.29, 1.82) is 0 Å². The van der Waals surface area contributed by atoms with Gasteiger partial charge in [-0.3, -0.25) is 28.8 Å². The molecule has 7 rings (SSSR count). The first-order valence-corrected chi connectivity index (χ1v) is 32.9. The number of aliphatic hydroxyl groups is 3. The number of Topliss-reactive ketones (excluding diaryl/α,β-unsaturated/α-hetero) is 3. The zero-order valence-electron chi connectivity index (χ0n) is 49.6. The van der Waals surface area contributed by atoms with Gasteiger partial charge in [0.25, 0.3) is 5.60 Å². The van der Waals surface area contributed by atoms with Gasteiger partial charge in [0.2, 0.25) is 11.2 Å². The van der Waals surface area contributed by atoms with E-state index in [2.05, 4.69) is 41.5 Å². The molecule has 444 valence electrons. The molecular weight excluding hydrogens is 985 g/mol. The van der Waals surface area contributed by atoms with Crippen LogP contribution >= 0.6 is 0 Å². The van der Waals surface area contributed by atoms with Gasteiger partial charge in [0.15, 0.2) is 17.3 Å².